The monoisotopic (exact) mass is 332 g/mol. The number of carbonyl (C=O) groups is 2. The van der Waals surface area contributed by atoms with E-state index < -0.39 is 18.3 Å². The lowest BCUT2D eigenvalue weighted by Crippen LogP contribution is -2.18. The van der Waals surface area contributed by atoms with Crippen LogP contribution in [-0.4, -0.2) is 18.5 Å². The molecule has 0 radical (unpaired) electrons. The van der Waals surface area contributed by atoms with E-state index in [1.54, 1.807) is 18.4 Å². The van der Waals surface area contributed by atoms with Crippen LogP contribution in [0.3, 0.4) is 0 Å². The molecule has 0 saturated heterocycles. The lowest BCUT2D eigenvalue weighted by molar-refractivity contribution is -0.145. The highest BCUT2D eigenvalue weighted by Gasteiger charge is 2.14. The molecule has 1 N–H and O–H groups in total. The number of nitrogens with zero attached hydrogens (tertiary/aromatic N) is 1. The highest BCUT2D eigenvalue weighted by Crippen LogP contribution is 2.31. The molecule has 1 aromatic carbocycles. The van der Waals surface area contributed by atoms with Gasteiger partial charge in [-0.25, -0.2) is 4.39 Å². The number of anilines is 1. The van der Waals surface area contributed by atoms with Gasteiger partial charge in [0, 0.05) is 0 Å². The van der Waals surface area contributed by atoms with Crippen molar-refractivity contribution in [3.05, 3.63) is 41.0 Å². The van der Waals surface area contributed by atoms with Crippen molar-refractivity contribution in [3.63, 3.8) is 0 Å². The van der Waals surface area contributed by atoms with Crippen molar-refractivity contribution in [3.8, 4) is 16.5 Å². The number of halogens is 1. The van der Waals surface area contributed by atoms with Gasteiger partial charge in [0.25, 0.3) is 0 Å². The van der Waals surface area contributed by atoms with E-state index in [-0.39, 0.29) is 23.7 Å². The molecule has 118 valence electrons. The molecular formula is C16H13FN2O3S. The third-order valence-electron chi connectivity index (χ3n) is 2.90. The van der Waals surface area contributed by atoms with E-state index in [9.17, 15) is 14.0 Å². The van der Waals surface area contributed by atoms with Crippen LogP contribution < -0.4 is 5.32 Å². The first-order valence-electron chi connectivity index (χ1n) is 6.78. The van der Waals surface area contributed by atoms with Gasteiger partial charge in [-0.05, 0) is 36.1 Å². The molecule has 0 fully saturated rings. The molecule has 0 aliphatic carbocycles. The van der Waals surface area contributed by atoms with Crippen LogP contribution in [0.15, 0.2) is 29.6 Å². The molecule has 0 aliphatic heterocycles. The van der Waals surface area contributed by atoms with Gasteiger partial charge in [0.05, 0.1) is 22.7 Å². The van der Waals surface area contributed by atoms with Gasteiger partial charge < -0.3 is 10.1 Å². The molecule has 0 aliphatic rings. The Bertz CT molecular complexity index is 780. The minimum Gasteiger partial charge on any atom is -0.466 e. The van der Waals surface area contributed by atoms with Gasteiger partial charge in [0.15, 0.2) is 0 Å². The maximum Gasteiger partial charge on any atom is 0.315 e. The molecule has 5 nitrogen and oxygen atoms in total. The second kappa shape index (κ2) is 7.51. The Hall–Kier alpha value is -2.72. The van der Waals surface area contributed by atoms with Crippen LogP contribution in [0.5, 0.6) is 0 Å². The van der Waals surface area contributed by atoms with Crippen molar-refractivity contribution in [2.75, 3.05) is 11.9 Å². The van der Waals surface area contributed by atoms with Crippen LogP contribution in [0, 0.1) is 17.1 Å². The molecule has 7 heteroatoms. The van der Waals surface area contributed by atoms with Gasteiger partial charge >= 0.3 is 5.97 Å². The number of carbonyl (C=O) groups excluding carboxylic acids is 2. The van der Waals surface area contributed by atoms with Gasteiger partial charge in [0.1, 0.15) is 18.3 Å². The SMILES string of the molecule is CCOC(=O)CC(=O)Nc1cc(-c2sccc2F)ccc1C#N. The van der Waals surface area contributed by atoms with E-state index in [4.69, 9.17) is 10.00 Å². The van der Waals surface area contributed by atoms with Crippen LogP contribution in [0.4, 0.5) is 10.1 Å². The zero-order valence-corrected chi connectivity index (χ0v) is 13.1. The number of esters is 1. The van der Waals surface area contributed by atoms with Gasteiger partial charge in [-0.2, -0.15) is 5.26 Å². The molecule has 0 spiro atoms. The minimum absolute atomic E-state index is 0.183. The predicted molar refractivity (Wildman–Crippen MR) is 84.3 cm³/mol. The normalized spacial score (nSPS) is 9.96. The number of hydrogen-bond donors (Lipinski definition) is 1. The molecular weight excluding hydrogens is 319 g/mol. The van der Waals surface area contributed by atoms with Gasteiger partial charge in [-0.1, -0.05) is 6.07 Å². The lowest BCUT2D eigenvalue weighted by Gasteiger charge is -2.09. The fourth-order valence-electron chi connectivity index (χ4n) is 1.92. The molecule has 1 amide bonds. The summed E-state index contributed by atoms with van der Waals surface area (Å²) in [4.78, 5) is 23.6. The molecule has 2 rings (SSSR count). The summed E-state index contributed by atoms with van der Waals surface area (Å²) < 4.78 is 18.4. The predicted octanol–water partition coefficient (Wildman–Crippen LogP) is 3.32. The van der Waals surface area contributed by atoms with Crippen molar-refractivity contribution in [1.29, 1.82) is 5.26 Å². The fourth-order valence-corrected chi connectivity index (χ4v) is 2.69. The van der Waals surface area contributed by atoms with E-state index in [1.165, 1.54) is 29.5 Å². The van der Waals surface area contributed by atoms with Gasteiger partial charge in [0.2, 0.25) is 5.91 Å². The second-order valence-corrected chi connectivity index (χ2v) is 5.42. The van der Waals surface area contributed by atoms with E-state index >= 15 is 0 Å². The average molecular weight is 332 g/mol. The smallest absolute Gasteiger partial charge is 0.315 e. The largest absolute Gasteiger partial charge is 0.466 e. The summed E-state index contributed by atoms with van der Waals surface area (Å²) in [5.41, 5.74) is 0.998. The van der Waals surface area contributed by atoms with Crippen molar-refractivity contribution in [2.24, 2.45) is 0 Å². The van der Waals surface area contributed by atoms with E-state index in [1.807, 2.05) is 6.07 Å². The van der Waals surface area contributed by atoms with Crippen LogP contribution in [-0.2, 0) is 14.3 Å². The third kappa shape index (κ3) is 4.14. The first-order chi connectivity index (χ1) is 11.0. The quantitative estimate of drug-likeness (QED) is 0.673. The molecule has 2 aromatic rings. The summed E-state index contributed by atoms with van der Waals surface area (Å²) in [6, 6.07) is 7.90. The maximum atomic E-state index is 13.7. The van der Waals surface area contributed by atoms with Crippen molar-refractivity contribution in [2.45, 2.75) is 13.3 Å². The highest BCUT2D eigenvalue weighted by atomic mass is 32.1. The molecule has 0 atom stereocenters. The molecule has 1 aromatic heterocycles. The standard InChI is InChI=1S/C16H13FN2O3S/c1-2-22-15(21)8-14(20)19-13-7-10(3-4-11(13)9-18)16-12(17)5-6-23-16/h3-7H,2,8H2,1H3,(H,19,20). The molecule has 0 saturated carbocycles. The number of amides is 1. The topological polar surface area (TPSA) is 79.2 Å². The number of thiophene rings is 1. The molecule has 1 heterocycles. The maximum absolute atomic E-state index is 13.7. The number of nitrogens with one attached hydrogen (secondary N) is 1. The van der Waals surface area contributed by atoms with Crippen LogP contribution in [0.25, 0.3) is 10.4 Å². The number of nitriles is 1. The summed E-state index contributed by atoms with van der Waals surface area (Å²) in [5, 5.41) is 13.2. The Labute approximate surface area is 136 Å². The first-order valence-corrected chi connectivity index (χ1v) is 7.66. The first kappa shape index (κ1) is 16.6. The van der Waals surface area contributed by atoms with Crippen molar-refractivity contribution < 1.29 is 18.7 Å². The minimum atomic E-state index is -0.649. The Morgan fingerprint density at radius 3 is 2.78 bits per heavy atom. The third-order valence-corrected chi connectivity index (χ3v) is 3.84. The molecule has 23 heavy (non-hydrogen) atoms. The van der Waals surface area contributed by atoms with Crippen LogP contribution in [0.2, 0.25) is 0 Å². The molecule has 0 unspecified atom stereocenters. The second-order valence-electron chi connectivity index (χ2n) is 4.50. The van der Waals surface area contributed by atoms with E-state index in [2.05, 4.69) is 5.32 Å². The summed E-state index contributed by atoms with van der Waals surface area (Å²) in [5.74, 6) is -1.61. The Balaban J connectivity index is 2.23. The van der Waals surface area contributed by atoms with E-state index in [0.717, 1.165) is 0 Å². The van der Waals surface area contributed by atoms with Crippen molar-refractivity contribution >= 4 is 28.9 Å². The van der Waals surface area contributed by atoms with E-state index in [0.29, 0.717) is 10.4 Å². The van der Waals surface area contributed by atoms with Crippen molar-refractivity contribution in [1.82, 2.24) is 0 Å². The zero-order chi connectivity index (χ0) is 16.8. The Kier molecular flexibility index (Phi) is 5.44. The van der Waals surface area contributed by atoms with Gasteiger partial charge in [-0.3, -0.25) is 9.59 Å². The Morgan fingerprint density at radius 1 is 1.39 bits per heavy atom. The summed E-state index contributed by atoms with van der Waals surface area (Å²) in [6.07, 6.45) is -0.448. The fraction of sp³-hybridized carbons (Fsp3) is 0.188. The summed E-state index contributed by atoms with van der Waals surface area (Å²) in [6.45, 7) is 1.82. The van der Waals surface area contributed by atoms with Gasteiger partial charge in [-0.15, -0.1) is 11.3 Å². The Morgan fingerprint density at radius 2 is 2.17 bits per heavy atom. The number of rotatable bonds is 5. The summed E-state index contributed by atoms with van der Waals surface area (Å²) in [7, 11) is 0. The van der Waals surface area contributed by atoms with Crippen LogP contribution >= 0.6 is 11.3 Å². The number of ether oxygens (including phenoxy) is 1. The lowest BCUT2D eigenvalue weighted by atomic mass is 10.1. The number of benzene rings is 1. The zero-order valence-electron chi connectivity index (χ0n) is 12.3. The van der Waals surface area contributed by atoms with Crippen LogP contribution in [0.1, 0.15) is 18.9 Å². The molecule has 0 bridgehead atoms. The number of hydrogen-bond acceptors (Lipinski definition) is 5. The summed E-state index contributed by atoms with van der Waals surface area (Å²) >= 11 is 1.22. The highest BCUT2D eigenvalue weighted by molar-refractivity contribution is 7.13. The average Bonchev–Trinajstić information content (AvgIpc) is 2.93.